The Hall–Kier alpha value is -0.310. The first-order valence-electron chi connectivity index (χ1n) is 4.17. The molecule has 1 amide bonds. The van der Waals surface area contributed by atoms with Crippen molar-refractivity contribution in [3.05, 3.63) is 0 Å². The topological polar surface area (TPSA) is 20.3 Å². The van der Waals surface area contributed by atoms with Crippen molar-refractivity contribution in [1.29, 1.82) is 0 Å². The zero-order valence-corrected chi connectivity index (χ0v) is 7.69. The summed E-state index contributed by atoms with van der Waals surface area (Å²) in [6, 6.07) is 0. The van der Waals surface area contributed by atoms with Gasteiger partial charge in [-0.3, -0.25) is 9.18 Å². The van der Waals surface area contributed by atoms with Crippen molar-refractivity contribution < 1.29 is 9.18 Å². The molecule has 1 heterocycles. The van der Waals surface area contributed by atoms with Crippen LogP contribution < -0.4 is 0 Å². The predicted molar refractivity (Wildman–Crippen MR) is 46.0 cm³/mol. The Morgan fingerprint density at radius 3 is 2.92 bits per heavy atom. The molecule has 1 aliphatic rings. The van der Waals surface area contributed by atoms with Gasteiger partial charge in [-0.1, -0.05) is 0 Å². The van der Waals surface area contributed by atoms with E-state index in [0.717, 1.165) is 6.42 Å². The summed E-state index contributed by atoms with van der Waals surface area (Å²) in [5.74, 6) is 0.473. The van der Waals surface area contributed by atoms with Gasteiger partial charge in [0.25, 0.3) is 0 Å². The molecular weight excluding hydrogens is 181 g/mol. The van der Waals surface area contributed by atoms with Gasteiger partial charge >= 0.3 is 0 Å². The number of alkyl halides is 2. The van der Waals surface area contributed by atoms with Crippen LogP contribution in [0.25, 0.3) is 0 Å². The van der Waals surface area contributed by atoms with Crippen LogP contribution in [0, 0.1) is 5.92 Å². The fraction of sp³-hybridized carbons (Fsp3) is 0.875. The number of halogens is 2. The van der Waals surface area contributed by atoms with Gasteiger partial charge in [-0.2, -0.15) is 0 Å². The molecule has 0 radical (unpaired) electrons. The molecule has 1 saturated heterocycles. The summed E-state index contributed by atoms with van der Waals surface area (Å²) in [6.45, 7) is 0.960. The number of amides is 1. The van der Waals surface area contributed by atoms with E-state index >= 15 is 0 Å². The van der Waals surface area contributed by atoms with Gasteiger partial charge in [-0.15, -0.1) is 11.6 Å². The number of hydrogen-bond acceptors (Lipinski definition) is 1. The second-order valence-electron chi connectivity index (χ2n) is 3.09. The smallest absolute Gasteiger partial charge is 0.223 e. The zero-order valence-electron chi connectivity index (χ0n) is 6.93. The van der Waals surface area contributed by atoms with Gasteiger partial charge in [-0.05, 0) is 6.42 Å². The third-order valence-corrected chi connectivity index (χ3v) is 2.35. The van der Waals surface area contributed by atoms with Crippen molar-refractivity contribution in [2.75, 3.05) is 25.6 Å². The molecule has 2 nitrogen and oxygen atoms in total. The van der Waals surface area contributed by atoms with Crippen LogP contribution in [0.1, 0.15) is 12.8 Å². The molecule has 0 aromatic rings. The lowest BCUT2D eigenvalue weighted by Gasteiger charge is -2.14. The molecule has 1 unspecified atom stereocenters. The van der Waals surface area contributed by atoms with Crippen molar-refractivity contribution in [3.63, 3.8) is 0 Å². The summed E-state index contributed by atoms with van der Waals surface area (Å²) in [4.78, 5) is 12.9. The van der Waals surface area contributed by atoms with Crippen molar-refractivity contribution in [2.24, 2.45) is 5.92 Å². The molecule has 12 heavy (non-hydrogen) atoms. The average Bonchev–Trinajstić information content (AvgIpc) is 2.52. The number of nitrogens with zero attached hydrogens (tertiary/aromatic N) is 1. The summed E-state index contributed by atoms with van der Waals surface area (Å²) in [5.41, 5.74) is 0. The van der Waals surface area contributed by atoms with Gasteiger partial charge in [-0.25, -0.2) is 0 Å². The van der Waals surface area contributed by atoms with Gasteiger partial charge in [0.1, 0.15) is 0 Å². The fourth-order valence-electron chi connectivity index (χ4n) is 1.42. The third kappa shape index (κ3) is 2.34. The van der Waals surface area contributed by atoms with Crippen LogP contribution in [-0.4, -0.2) is 36.5 Å². The van der Waals surface area contributed by atoms with Crippen molar-refractivity contribution in [2.45, 2.75) is 12.8 Å². The van der Waals surface area contributed by atoms with E-state index in [0.29, 0.717) is 25.4 Å². The molecule has 0 bridgehead atoms. The maximum absolute atomic E-state index is 12.2. The van der Waals surface area contributed by atoms with Crippen LogP contribution in [0.3, 0.4) is 0 Å². The SMILES string of the molecule is O=C(CCCl)N1CCC(CF)C1. The summed E-state index contributed by atoms with van der Waals surface area (Å²) in [5, 5.41) is 0. The molecule has 1 aliphatic heterocycles. The molecule has 4 heteroatoms. The molecule has 70 valence electrons. The number of likely N-dealkylation sites (tertiary alicyclic amines) is 1. The summed E-state index contributed by atoms with van der Waals surface area (Å²) < 4.78 is 12.2. The minimum absolute atomic E-state index is 0.0564. The molecule has 0 N–H and O–H groups in total. The van der Waals surface area contributed by atoms with E-state index in [2.05, 4.69) is 0 Å². The first-order valence-corrected chi connectivity index (χ1v) is 4.71. The molecule has 1 rings (SSSR count). The molecule has 0 saturated carbocycles. The molecule has 1 atom stereocenters. The van der Waals surface area contributed by atoms with Crippen LogP contribution in [-0.2, 0) is 4.79 Å². The second-order valence-corrected chi connectivity index (χ2v) is 3.47. The van der Waals surface area contributed by atoms with E-state index in [1.807, 2.05) is 0 Å². The first-order chi connectivity index (χ1) is 5.77. The standard InChI is InChI=1S/C8H13ClFNO/c9-3-1-8(12)11-4-2-7(5-10)6-11/h7H,1-6H2. The number of rotatable bonds is 3. The van der Waals surface area contributed by atoms with Crippen molar-refractivity contribution in [1.82, 2.24) is 4.90 Å². The Balaban J connectivity index is 2.31. The quantitative estimate of drug-likeness (QED) is 0.621. The minimum atomic E-state index is -0.315. The van der Waals surface area contributed by atoms with Crippen molar-refractivity contribution in [3.8, 4) is 0 Å². The predicted octanol–water partition coefficient (Wildman–Crippen LogP) is 1.43. The fourth-order valence-corrected chi connectivity index (χ4v) is 1.59. The van der Waals surface area contributed by atoms with Gasteiger partial charge < -0.3 is 4.90 Å². The number of carbonyl (C=O) groups is 1. The highest BCUT2D eigenvalue weighted by Gasteiger charge is 2.25. The van der Waals surface area contributed by atoms with E-state index in [1.165, 1.54) is 0 Å². The van der Waals surface area contributed by atoms with Crippen LogP contribution in [0.2, 0.25) is 0 Å². The highest BCUT2D eigenvalue weighted by Crippen LogP contribution is 2.17. The first kappa shape index (κ1) is 9.78. The molecular formula is C8H13ClFNO. The lowest BCUT2D eigenvalue weighted by atomic mass is 10.1. The zero-order chi connectivity index (χ0) is 8.97. The second kappa shape index (κ2) is 4.65. The Bertz CT molecular complexity index is 165. The highest BCUT2D eigenvalue weighted by atomic mass is 35.5. The Kier molecular flexibility index (Phi) is 3.79. The normalized spacial score (nSPS) is 23.2. The van der Waals surface area contributed by atoms with Crippen LogP contribution in [0.5, 0.6) is 0 Å². The summed E-state index contributed by atoms with van der Waals surface area (Å²) >= 11 is 5.42. The van der Waals surface area contributed by atoms with Gasteiger partial charge in [0, 0.05) is 31.3 Å². The van der Waals surface area contributed by atoms with E-state index < -0.39 is 0 Å². The van der Waals surface area contributed by atoms with E-state index in [1.54, 1.807) is 4.90 Å². The summed E-state index contributed by atoms with van der Waals surface area (Å²) in [6.07, 6.45) is 1.17. The largest absolute Gasteiger partial charge is 0.342 e. The van der Waals surface area contributed by atoms with Crippen LogP contribution in [0.4, 0.5) is 4.39 Å². The van der Waals surface area contributed by atoms with Gasteiger partial charge in [0.2, 0.25) is 5.91 Å². The Labute approximate surface area is 76.7 Å². The summed E-state index contributed by atoms with van der Waals surface area (Å²) in [7, 11) is 0. The van der Waals surface area contributed by atoms with Crippen LogP contribution in [0.15, 0.2) is 0 Å². The van der Waals surface area contributed by atoms with E-state index in [9.17, 15) is 9.18 Å². The monoisotopic (exact) mass is 193 g/mol. The Morgan fingerprint density at radius 2 is 2.42 bits per heavy atom. The van der Waals surface area contributed by atoms with Crippen LogP contribution >= 0.6 is 11.6 Å². The highest BCUT2D eigenvalue weighted by molar-refractivity contribution is 6.18. The molecule has 0 aliphatic carbocycles. The van der Waals surface area contributed by atoms with Gasteiger partial charge in [0.05, 0.1) is 6.67 Å². The Morgan fingerprint density at radius 1 is 1.67 bits per heavy atom. The number of hydrogen-bond donors (Lipinski definition) is 0. The molecule has 0 spiro atoms. The minimum Gasteiger partial charge on any atom is -0.342 e. The molecule has 0 aromatic heterocycles. The lowest BCUT2D eigenvalue weighted by Crippen LogP contribution is -2.28. The lowest BCUT2D eigenvalue weighted by molar-refractivity contribution is -0.129. The van der Waals surface area contributed by atoms with E-state index in [4.69, 9.17) is 11.6 Å². The molecule has 1 fully saturated rings. The third-order valence-electron chi connectivity index (χ3n) is 2.17. The van der Waals surface area contributed by atoms with Gasteiger partial charge in [0.15, 0.2) is 0 Å². The van der Waals surface area contributed by atoms with E-state index in [-0.39, 0.29) is 18.5 Å². The number of carbonyl (C=O) groups excluding carboxylic acids is 1. The van der Waals surface area contributed by atoms with Crippen molar-refractivity contribution >= 4 is 17.5 Å². The average molecular weight is 194 g/mol. The molecule has 0 aromatic carbocycles. The maximum Gasteiger partial charge on any atom is 0.223 e. The maximum atomic E-state index is 12.2.